The number of nitrogens with two attached hydrogens (primary N) is 3. The van der Waals surface area contributed by atoms with E-state index in [9.17, 15) is 14.7 Å². The molecule has 0 spiro atoms. The predicted octanol–water partition coefficient (Wildman–Crippen LogP) is 1.88. The van der Waals surface area contributed by atoms with Crippen molar-refractivity contribution >= 4 is 40.2 Å². The van der Waals surface area contributed by atoms with E-state index in [-0.39, 0.29) is 29.5 Å². The topological polar surface area (TPSA) is 178 Å². The Morgan fingerprint density at radius 1 is 0.967 bits per heavy atom. The lowest BCUT2D eigenvalue weighted by Crippen LogP contribution is -2.21. The summed E-state index contributed by atoms with van der Waals surface area (Å²) in [6.45, 7) is 0. The van der Waals surface area contributed by atoms with Crippen molar-refractivity contribution in [3.05, 3.63) is 71.3 Å². The zero-order valence-electron chi connectivity index (χ0n) is 15.8. The van der Waals surface area contributed by atoms with Crippen molar-refractivity contribution in [2.24, 2.45) is 22.2 Å². The van der Waals surface area contributed by atoms with Crippen LogP contribution in [0.25, 0.3) is 10.8 Å². The average Bonchev–Trinajstić information content (AvgIpc) is 2.69. The second-order valence-electron chi connectivity index (χ2n) is 6.44. The number of aliphatic carboxylic acids is 1. The summed E-state index contributed by atoms with van der Waals surface area (Å²) >= 11 is 0. The lowest BCUT2D eigenvalue weighted by atomic mass is 9.99. The summed E-state index contributed by atoms with van der Waals surface area (Å²) < 4.78 is 5.48. The molecule has 0 heterocycles. The standard InChI is InChI=1S/C21H19N5O4/c22-19(23)13-3-7-15-12(9-13)4-8-17(16(15)10-18(27)28)30-20(29)11-1-5-14(6-2-11)26-21(24)25/h1-9H,10H2,(H3,22,23)(H,27,28)(H4,24,25,26). The third-order valence-electron chi connectivity index (χ3n) is 4.29. The normalized spacial score (nSPS) is 10.4. The van der Waals surface area contributed by atoms with Gasteiger partial charge >= 0.3 is 11.9 Å². The maximum absolute atomic E-state index is 12.6. The molecule has 0 aliphatic carbocycles. The molecule has 0 radical (unpaired) electrons. The zero-order chi connectivity index (χ0) is 21.8. The molecule has 0 aliphatic rings. The molecule has 0 unspecified atom stereocenters. The number of guanidine groups is 1. The number of benzene rings is 3. The summed E-state index contributed by atoms with van der Waals surface area (Å²) in [6.07, 6.45) is -0.344. The highest BCUT2D eigenvalue weighted by molar-refractivity contribution is 6.01. The van der Waals surface area contributed by atoms with Crippen molar-refractivity contribution in [1.29, 1.82) is 5.41 Å². The minimum absolute atomic E-state index is 0.101. The van der Waals surface area contributed by atoms with Crippen LogP contribution in [0.3, 0.4) is 0 Å². The number of hydrogen-bond donors (Lipinski definition) is 5. The number of ether oxygens (including phenoxy) is 1. The lowest BCUT2D eigenvalue weighted by molar-refractivity contribution is -0.136. The summed E-state index contributed by atoms with van der Waals surface area (Å²) in [4.78, 5) is 27.8. The van der Waals surface area contributed by atoms with Crippen molar-refractivity contribution in [3.63, 3.8) is 0 Å². The summed E-state index contributed by atoms with van der Waals surface area (Å²) in [6, 6.07) is 14.3. The molecule has 0 aliphatic heterocycles. The van der Waals surface area contributed by atoms with Crippen molar-refractivity contribution in [2.45, 2.75) is 6.42 Å². The molecular formula is C21H19N5O4. The molecule has 152 valence electrons. The molecule has 8 N–H and O–H groups in total. The highest BCUT2D eigenvalue weighted by Crippen LogP contribution is 2.30. The van der Waals surface area contributed by atoms with Crippen LogP contribution in [0.2, 0.25) is 0 Å². The van der Waals surface area contributed by atoms with Crippen LogP contribution < -0.4 is 21.9 Å². The predicted molar refractivity (Wildman–Crippen MR) is 113 cm³/mol. The molecule has 3 rings (SSSR count). The van der Waals surface area contributed by atoms with Gasteiger partial charge in [-0.25, -0.2) is 9.79 Å². The second kappa shape index (κ2) is 8.31. The van der Waals surface area contributed by atoms with Gasteiger partial charge in [0.1, 0.15) is 11.6 Å². The minimum atomic E-state index is -1.07. The van der Waals surface area contributed by atoms with Gasteiger partial charge < -0.3 is 27.0 Å². The van der Waals surface area contributed by atoms with Gasteiger partial charge in [0.05, 0.1) is 17.7 Å². The van der Waals surface area contributed by atoms with E-state index in [1.807, 2.05) is 0 Å². The van der Waals surface area contributed by atoms with Crippen LogP contribution >= 0.6 is 0 Å². The van der Waals surface area contributed by atoms with E-state index in [1.165, 1.54) is 18.2 Å². The van der Waals surface area contributed by atoms with Gasteiger partial charge in [-0.1, -0.05) is 18.2 Å². The zero-order valence-corrected chi connectivity index (χ0v) is 15.8. The fraction of sp³-hybridized carbons (Fsp3) is 0.0476. The van der Waals surface area contributed by atoms with E-state index in [1.54, 1.807) is 36.4 Å². The molecule has 0 amide bonds. The monoisotopic (exact) mass is 405 g/mol. The van der Waals surface area contributed by atoms with E-state index in [4.69, 9.17) is 27.3 Å². The molecule has 9 nitrogen and oxygen atoms in total. The highest BCUT2D eigenvalue weighted by atomic mass is 16.5. The molecular weight excluding hydrogens is 386 g/mol. The number of amidine groups is 1. The third kappa shape index (κ3) is 4.53. The van der Waals surface area contributed by atoms with Crippen LogP contribution in [-0.4, -0.2) is 28.8 Å². The number of carbonyl (C=O) groups excluding carboxylic acids is 1. The van der Waals surface area contributed by atoms with Gasteiger partial charge in [-0.15, -0.1) is 0 Å². The van der Waals surface area contributed by atoms with Gasteiger partial charge in [-0.05, 0) is 47.2 Å². The van der Waals surface area contributed by atoms with E-state index in [0.29, 0.717) is 27.6 Å². The molecule has 30 heavy (non-hydrogen) atoms. The first-order valence-corrected chi connectivity index (χ1v) is 8.78. The lowest BCUT2D eigenvalue weighted by Gasteiger charge is -2.13. The van der Waals surface area contributed by atoms with Crippen molar-refractivity contribution < 1.29 is 19.4 Å². The van der Waals surface area contributed by atoms with E-state index in [2.05, 4.69) is 4.99 Å². The van der Waals surface area contributed by atoms with Gasteiger partial charge in [0.15, 0.2) is 5.96 Å². The number of aliphatic imine (C=N–C) groups is 1. The molecule has 0 atom stereocenters. The van der Waals surface area contributed by atoms with Crippen molar-refractivity contribution in [2.75, 3.05) is 0 Å². The number of rotatable bonds is 6. The van der Waals surface area contributed by atoms with Crippen LogP contribution in [0, 0.1) is 5.41 Å². The first-order valence-electron chi connectivity index (χ1n) is 8.78. The van der Waals surface area contributed by atoms with Crippen LogP contribution in [0.1, 0.15) is 21.5 Å². The second-order valence-corrected chi connectivity index (χ2v) is 6.44. The molecule has 9 heteroatoms. The summed E-state index contributed by atoms with van der Waals surface area (Å²) in [7, 11) is 0. The Hall–Kier alpha value is -4.40. The van der Waals surface area contributed by atoms with Gasteiger partial charge in [0.2, 0.25) is 0 Å². The Bertz CT molecular complexity index is 1180. The summed E-state index contributed by atoms with van der Waals surface area (Å²) in [5.74, 6) is -1.79. The summed E-state index contributed by atoms with van der Waals surface area (Å²) in [5, 5.41) is 18.1. The fourth-order valence-corrected chi connectivity index (χ4v) is 2.95. The van der Waals surface area contributed by atoms with Gasteiger partial charge in [0.25, 0.3) is 0 Å². The molecule has 0 bridgehead atoms. The smallest absolute Gasteiger partial charge is 0.343 e. The Morgan fingerprint density at radius 3 is 2.23 bits per heavy atom. The van der Waals surface area contributed by atoms with E-state index in [0.717, 1.165) is 0 Å². The van der Waals surface area contributed by atoms with E-state index >= 15 is 0 Å². The number of esters is 1. The number of hydrogen-bond acceptors (Lipinski definition) is 5. The summed E-state index contributed by atoms with van der Waals surface area (Å²) in [5.41, 5.74) is 17.7. The molecule has 3 aromatic rings. The van der Waals surface area contributed by atoms with E-state index < -0.39 is 11.9 Å². The number of nitrogens with zero attached hydrogens (tertiary/aromatic N) is 1. The Kier molecular flexibility index (Phi) is 5.63. The quantitative estimate of drug-likeness (QED) is 0.180. The fourth-order valence-electron chi connectivity index (χ4n) is 2.95. The maximum Gasteiger partial charge on any atom is 0.343 e. The van der Waals surface area contributed by atoms with Crippen molar-refractivity contribution in [1.82, 2.24) is 0 Å². The third-order valence-corrected chi connectivity index (χ3v) is 4.29. The number of nitrogen functional groups attached to an aromatic ring is 1. The van der Waals surface area contributed by atoms with Crippen LogP contribution in [0.5, 0.6) is 5.75 Å². The van der Waals surface area contributed by atoms with Crippen LogP contribution in [0.4, 0.5) is 5.69 Å². The van der Waals surface area contributed by atoms with Crippen LogP contribution in [0.15, 0.2) is 59.6 Å². The number of carbonyl (C=O) groups is 2. The van der Waals surface area contributed by atoms with Crippen LogP contribution in [-0.2, 0) is 11.2 Å². The minimum Gasteiger partial charge on any atom is -0.481 e. The molecule has 0 aromatic heterocycles. The number of carboxylic acid groups (broad SMARTS) is 1. The van der Waals surface area contributed by atoms with Gasteiger partial charge in [0, 0.05) is 11.1 Å². The van der Waals surface area contributed by atoms with Crippen molar-refractivity contribution in [3.8, 4) is 5.75 Å². The Morgan fingerprint density at radius 2 is 1.63 bits per heavy atom. The maximum atomic E-state index is 12.6. The van der Waals surface area contributed by atoms with Gasteiger partial charge in [-0.2, -0.15) is 0 Å². The SMILES string of the molecule is N=C(N)c1ccc2c(CC(=O)O)c(OC(=O)c3ccc(N=C(N)N)cc3)ccc2c1. The first kappa shape index (κ1) is 20.3. The Balaban J connectivity index is 1.97. The number of nitrogens with one attached hydrogen (secondary N) is 1. The largest absolute Gasteiger partial charge is 0.481 e. The molecule has 0 fully saturated rings. The molecule has 3 aromatic carbocycles. The first-order chi connectivity index (χ1) is 14.2. The van der Waals surface area contributed by atoms with Gasteiger partial charge in [-0.3, -0.25) is 10.2 Å². The molecule has 0 saturated carbocycles. The highest BCUT2D eigenvalue weighted by Gasteiger charge is 2.17. The Labute approximate surface area is 171 Å². The average molecular weight is 405 g/mol. The number of fused-ring (bicyclic) bond motifs is 1. The number of carboxylic acids is 1. The molecule has 0 saturated heterocycles.